The van der Waals surface area contributed by atoms with Crippen LogP contribution in [0.2, 0.25) is 5.02 Å². The molecule has 0 radical (unpaired) electrons. The average molecular weight is 305 g/mol. The molecule has 0 aliphatic rings. The first-order valence-corrected chi connectivity index (χ1v) is 6.97. The normalized spacial score (nSPS) is 13.5. The van der Waals surface area contributed by atoms with E-state index in [1.807, 2.05) is 0 Å². The fraction of sp³-hybridized carbons (Fsp3) is 0.250. The minimum absolute atomic E-state index is 0.0594. The Hall–Kier alpha value is -1.91. The van der Waals surface area contributed by atoms with Crippen LogP contribution in [0, 0.1) is 6.92 Å². The molecule has 1 aromatic carbocycles. The smallest absolute Gasteiger partial charge is 0.253 e. The second kappa shape index (κ2) is 6.24. The summed E-state index contributed by atoms with van der Waals surface area (Å²) in [6.45, 7) is 3.44. The third kappa shape index (κ3) is 3.60. The Bertz CT molecular complexity index is 656. The van der Waals surface area contributed by atoms with Gasteiger partial charge in [0, 0.05) is 22.5 Å². The molecule has 0 bridgehead atoms. The zero-order valence-electron chi connectivity index (χ0n) is 11.9. The Balaban J connectivity index is 2.11. The predicted octanol–water partition coefficient (Wildman–Crippen LogP) is 2.68. The van der Waals surface area contributed by atoms with Gasteiger partial charge in [-0.1, -0.05) is 29.8 Å². The Morgan fingerprint density at radius 1 is 1.33 bits per heavy atom. The van der Waals surface area contributed by atoms with Crippen LogP contribution in [-0.2, 0) is 5.60 Å². The molecule has 1 amide bonds. The monoisotopic (exact) mass is 304 g/mol. The summed E-state index contributed by atoms with van der Waals surface area (Å²) in [6.07, 6.45) is 1.63. The van der Waals surface area contributed by atoms with E-state index in [4.69, 9.17) is 11.6 Å². The largest absolute Gasteiger partial charge is 0.384 e. The van der Waals surface area contributed by atoms with Crippen LogP contribution in [0.1, 0.15) is 28.5 Å². The van der Waals surface area contributed by atoms with Gasteiger partial charge in [-0.15, -0.1) is 0 Å². The first-order valence-electron chi connectivity index (χ1n) is 6.59. The minimum Gasteiger partial charge on any atom is -0.384 e. The number of rotatable bonds is 4. The number of halogens is 1. The summed E-state index contributed by atoms with van der Waals surface area (Å²) < 4.78 is 0. The number of aromatic nitrogens is 1. The van der Waals surface area contributed by atoms with E-state index in [-0.39, 0.29) is 12.5 Å². The van der Waals surface area contributed by atoms with Crippen molar-refractivity contribution in [2.75, 3.05) is 6.54 Å². The summed E-state index contributed by atoms with van der Waals surface area (Å²) >= 11 is 6.08. The summed E-state index contributed by atoms with van der Waals surface area (Å²) in [5, 5.41) is 13.7. The highest BCUT2D eigenvalue weighted by molar-refractivity contribution is 6.31. The van der Waals surface area contributed by atoms with Crippen molar-refractivity contribution in [1.29, 1.82) is 0 Å². The number of nitrogens with zero attached hydrogens (tertiary/aromatic N) is 1. The number of pyridine rings is 1. The van der Waals surface area contributed by atoms with Crippen molar-refractivity contribution in [1.82, 2.24) is 10.3 Å². The lowest BCUT2D eigenvalue weighted by molar-refractivity contribution is 0.0527. The van der Waals surface area contributed by atoms with Crippen LogP contribution in [-0.4, -0.2) is 22.5 Å². The summed E-state index contributed by atoms with van der Waals surface area (Å²) in [6, 6.07) is 10.4. The molecule has 0 fully saturated rings. The van der Waals surface area contributed by atoms with Crippen molar-refractivity contribution in [2.45, 2.75) is 19.4 Å². The Morgan fingerprint density at radius 2 is 2.05 bits per heavy atom. The summed E-state index contributed by atoms with van der Waals surface area (Å²) in [7, 11) is 0. The van der Waals surface area contributed by atoms with Gasteiger partial charge in [0.1, 0.15) is 5.60 Å². The number of aryl methyl sites for hydroxylation is 1. The van der Waals surface area contributed by atoms with Gasteiger partial charge in [-0.25, -0.2) is 0 Å². The van der Waals surface area contributed by atoms with Crippen LogP contribution >= 0.6 is 11.6 Å². The van der Waals surface area contributed by atoms with Gasteiger partial charge in [0.05, 0.1) is 12.1 Å². The molecule has 1 unspecified atom stereocenters. The molecule has 4 nitrogen and oxygen atoms in total. The molecule has 0 aliphatic heterocycles. The lowest BCUT2D eigenvalue weighted by atomic mass is 9.96. The number of benzene rings is 1. The van der Waals surface area contributed by atoms with Gasteiger partial charge in [0.25, 0.3) is 5.91 Å². The standard InChI is InChI=1S/C16H17ClN2O2/c1-11-12(6-5-9-18-11)15(20)19-10-16(2,21)13-7-3-4-8-14(13)17/h3-9,21H,10H2,1-2H3,(H,19,20). The molecule has 2 aromatic rings. The first-order chi connectivity index (χ1) is 9.92. The first kappa shape index (κ1) is 15.5. The van der Waals surface area contributed by atoms with E-state index in [0.29, 0.717) is 21.8 Å². The molecule has 0 spiro atoms. The zero-order chi connectivity index (χ0) is 15.5. The second-order valence-corrected chi connectivity index (χ2v) is 5.48. The molecule has 1 atom stereocenters. The quantitative estimate of drug-likeness (QED) is 0.913. The molecular weight excluding hydrogens is 288 g/mol. The fourth-order valence-corrected chi connectivity index (χ4v) is 2.40. The minimum atomic E-state index is -1.25. The topological polar surface area (TPSA) is 62.2 Å². The van der Waals surface area contributed by atoms with Gasteiger partial charge < -0.3 is 10.4 Å². The number of nitrogens with one attached hydrogen (secondary N) is 1. The van der Waals surface area contributed by atoms with Crippen molar-refractivity contribution < 1.29 is 9.90 Å². The molecule has 21 heavy (non-hydrogen) atoms. The van der Waals surface area contributed by atoms with Crippen molar-refractivity contribution in [2.24, 2.45) is 0 Å². The maximum atomic E-state index is 12.1. The zero-order valence-corrected chi connectivity index (χ0v) is 12.7. The van der Waals surface area contributed by atoms with E-state index in [2.05, 4.69) is 10.3 Å². The molecule has 0 saturated carbocycles. The summed E-state index contributed by atoms with van der Waals surface area (Å²) in [5.41, 5.74) is 0.471. The Kier molecular flexibility index (Phi) is 4.60. The molecule has 2 N–H and O–H groups in total. The van der Waals surface area contributed by atoms with Gasteiger partial charge in [-0.05, 0) is 32.0 Å². The van der Waals surface area contributed by atoms with E-state index in [0.717, 1.165) is 0 Å². The summed E-state index contributed by atoms with van der Waals surface area (Å²) in [4.78, 5) is 16.2. The summed E-state index contributed by atoms with van der Waals surface area (Å²) in [5.74, 6) is -0.270. The van der Waals surface area contributed by atoms with Gasteiger partial charge in [-0.2, -0.15) is 0 Å². The molecule has 2 rings (SSSR count). The molecule has 0 saturated heterocycles. The third-order valence-corrected chi connectivity index (χ3v) is 3.63. The van der Waals surface area contributed by atoms with Gasteiger partial charge in [-0.3, -0.25) is 9.78 Å². The Labute approximate surface area is 128 Å². The molecule has 0 aliphatic carbocycles. The van der Waals surface area contributed by atoms with E-state index in [9.17, 15) is 9.90 Å². The van der Waals surface area contributed by atoms with E-state index in [1.165, 1.54) is 0 Å². The number of hydrogen-bond acceptors (Lipinski definition) is 3. The van der Waals surface area contributed by atoms with Crippen molar-refractivity contribution >= 4 is 17.5 Å². The van der Waals surface area contributed by atoms with E-state index < -0.39 is 5.60 Å². The number of carbonyl (C=O) groups is 1. The van der Waals surface area contributed by atoms with Crippen LogP contribution < -0.4 is 5.32 Å². The highest BCUT2D eigenvalue weighted by Crippen LogP contribution is 2.27. The molecule has 5 heteroatoms. The fourth-order valence-electron chi connectivity index (χ4n) is 2.07. The number of hydrogen-bond donors (Lipinski definition) is 2. The van der Waals surface area contributed by atoms with Gasteiger partial charge in [0.15, 0.2) is 0 Å². The van der Waals surface area contributed by atoms with Crippen LogP contribution in [0.4, 0.5) is 0 Å². The van der Waals surface area contributed by atoms with E-state index >= 15 is 0 Å². The average Bonchev–Trinajstić information content (AvgIpc) is 2.45. The van der Waals surface area contributed by atoms with Crippen LogP contribution in [0.15, 0.2) is 42.6 Å². The van der Waals surface area contributed by atoms with E-state index in [1.54, 1.807) is 56.4 Å². The number of amides is 1. The maximum Gasteiger partial charge on any atom is 0.253 e. The van der Waals surface area contributed by atoms with Gasteiger partial charge >= 0.3 is 0 Å². The highest BCUT2D eigenvalue weighted by Gasteiger charge is 2.26. The lowest BCUT2D eigenvalue weighted by Crippen LogP contribution is -2.39. The van der Waals surface area contributed by atoms with Crippen LogP contribution in [0.5, 0.6) is 0 Å². The number of aliphatic hydroxyl groups is 1. The van der Waals surface area contributed by atoms with Gasteiger partial charge in [0.2, 0.25) is 0 Å². The lowest BCUT2D eigenvalue weighted by Gasteiger charge is -2.25. The van der Waals surface area contributed by atoms with Crippen molar-refractivity contribution in [3.05, 3.63) is 64.4 Å². The Morgan fingerprint density at radius 3 is 2.71 bits per heavy atom. The third-order valence-electron chi connectivity index (χ3n) is 3.30. The second-order valence-electron chi connectivity index (χ2n) is 5.07. The van der Waals surface area contributed by atoms with Crippen molar-refractivity contribution in [3.63, 3.8) is 0 Å². The molecule has 110 valence electrons. The molecule has 1 heterocycles. The predicted molar refractivity (Wildman–Crippen MR) is 82.3 cm³/mol. The number of carbonyl (C=O) groups excluding carboxylic acids is 1. The van der Waals surface area contributed by atoms with Crippen LogP contribution in [0.3, 0.4) is 0 Å². The van der Waals surface area contributed by atoms with Crippen molar-refractivity contribution in [3.8, 4) is 0 Å². The highest BCUT2D eigenvalue weighted by atomic mass is 35.5. The SMILES string of the molecule is Cc1ncccc1C(=O)NCC(C)(O)c1ccccc1Cl. The molecule has 1 aromatic heterocycles. The van der Waals surface area contributed by atoms with Crippen LogP contribution in [0.25, 0.3) is 0 Å². The molecular formula is C16H17ClN2O2. The maximum absolute atomic E-state index is 12.1.